The molecule has 0 aliphatic carbocycles. The van der Waals surface area contributed by atoms with Crippen molar-refractivity contribution in [3.05, 3.63) is 75.9 Å². The Bertz CT molecular complexity index is 1280. The van der Waals surface area contributed by atoms with E-state index in [1.165, 1.54) is 7.11 Å². The zero-order valence-corrected chi connectivity index (χ0v) is 19.9. The van der Waals surface area contributed by atoms with Crippen molar-refractivity contribution in [2.24, 2.45) is 11.5 Å². The van der Waals surface area contributed by atoms with Gasteiger partial charge >= 0.3 is 0 Å². The monoisotopic (exact) mass is 503 g/mol. The number of primary amides is 1. The van der Waals surface area contributed by atoms with Crippen molar-refractivity contribution in [2.75, 3.05) is 26.9 Å². The second-order valence-corrected chi connectivity index (χ2v) is 8.49. The molecule has 1 aliphatic rings. The van der Waals surface area contributed by atoms with Gasteiger partial charge in [0.1, 0.15) is 18.2 Å². The second kappa shape index (κ2) is 9.77. The highest BCUT2D eigenvalue weighted by Crippen LogP contribution is 2.56. The Labute approximate surface area is 205 Å². The van der Waals surface area contributed by atoms with E-state index in [9.17, 15) is 4.79 Å². The van der Waals surface area contributed by atoms with Crippen LogP contribution in [0.1, 0.15) is 34.3 Å². The first kappa shape index (κ1) is 24.8. The molecule has 1 aromatic heterocycles. The van der Waals surface area contributed by atoms with Crippen LogP contribution in [0.2, 0.25) is 5.02 Å². The molecule has 2 atom stereocenters. The fourth-order valence-corrected chi connectivity index (χ4v) is 4.73. The maximum Gasteiger partial charge on any atom is 0.251 e. The smallest absolute Gasteiger partial charge is 0.251 e. The Kier molecular flexibility index (Phi) is 6.93. The summed E-state index contributed by atoms with van der Waals surface area (Å²) in [4.78, 5) is 16.1. The number of nitrogens with zero attached hydrogens (tertiary/aromatic N) is 1. The number of methoxy groups -OCH3 is 1. The van der Waals surface area contributed by atoms with Gasteiger partial charge in [-0.05, 0) is 5.56 Å². The van der Waals surface area contributed by atoms with Gasteiger partial charge in [-0.2, -0.15) is 0 Å². The van der Waals surface area contributed by atoms with Gasteiger partial charge in [0.15, 0.2) is 11.4 Å². The van der Waals surface area contributed by atoms with E-state index in [1.807, 2.05) is 37.3 Å². The highest BCUT2D eigenvalue weighted by molar-refractivity contribution is 6.34. The van der Waals surface area contributed by atoms with E-state index in [2.05, 4.69) is 4.98 Å². The third-order valence-corrected chi connectivity index (χ3v) is 6.61. The number of hydrogen-bond acceptors (Lipinski definition) is 6. The molecule has 0 saturated heterocycles. The third-order valence-electron chi connectivity index (χ3n) is 6.24. The molecule has 1 amide bonds. The molecule has 3 aromatic rings. The number of ether oxygens (including phenoxy) is 3. The number of hydrogen-bond donors (Lipinski definition) is 2. The lowest BCUT2D eigenvalue weighted by molar-refractivity contribution is 0.0800. The summed E-state index contributed by atoms with van der Waals surface area (Å²) >= 11 is 6.43. The van der Waals surface area contributed by atoms with Crippen LogP contribution in [0.25, 0.3) is 11.1 Å². The molecule has 4 rings (SSSR count). The molecule has 7 nitrogen and oxygen atoms in total. The predicted octanol–water partition coefficient (Wildman–Crippen LogP) is 4.15. The minimum absolute atomic E-state index is 0.00538. The fraction of sp³-hybridized carbons (Fsp3) is 0.280. The van der Waals surface area contributed by atoms with Crippen LogP contribution in [-0.2, 0) is 10.3 Å². The van der Waals surface area contributed by atoms with Crippen LogP contribution in [0.4, 0.5) is 8.78 Å². The number of aromatic nitrogens is 1. The number of benzene rings is 2. The molecular weight excluding hydrogens is 480 g/mol. The highest BCUT2D eigenvalue weighted by atomic mass is 35.5. The molecule has 35 heavy (non-hydrogen) atoms. The molecule has 2 aromatic carbocycles. The summed E-state index contributed by atoms with van der Waals surface area (Å²) in [6.07, 6.45) is 1.07. The molecule has 0 radical (unpaired) electrons. The average molecular weight is 504 g/mol. The fourth-order valence-electron chi connectivity index (χ4n) is 4.48. The summed E-state index contributed by atoms with van der Waals surface area (Å²) in [5.74, 6) is -3.62. The van der Waals surface area contributed by atoms with E-state index in [1.54, 1.807) is 0 Å². The first-order valence-electron chi connectivity index (χ1n) is 10.8. The number of halogens is 3. The highest BCUT2D eigenvalue weighted by Gasteiger charge is 2.49. The molecule has 0 bridgehead atoms. The van der Waals surface area contributed by atoms with Crippen molar-refractivity contribution in [2.45, 2.75) is 18.4 Å². The van der Waals surface area contributed by atoms with Crippen LogP contribution in [0, 0.1) is 11.6 Å². The number of rotatable bonds is 8. The second-order valence-electron chi connectivity index (χ2n) is 8.11. The lowest BCUT2D eigenvalue weighted by Crippen LogP contribution is -2.41. The number of pyridine rings is 1. The molecule has 184 valence electrons. The maximum atomic E-state index is 15.8. The standard InChI is InChI=1S/C25H24ClF2N3O4/c1-13-18-17(35-25(13,12-29)14-6-4-3-5-7-14)10-16(27)21(26)20(18)19-15(23(30)32)11-31-24(22(19)28)34-9-8-33-2/h3-7,10-11,13H,8-9,12,29H2,1-2H3,(H2,30,32). The first-order valence-corrected chi connectivity index (χ1v) is 11.2. The van der Waals surface area contributed by atoms with Crippen molar-refractivity contribution < 1.29 is 27.8 Å². The van der Waals surface area contributed by atoms with Crippen molar-refractivity contribution >= 4 is 17.5 Å². The van der Waals surface area contributed by atoms with Gasteiger partial charge in [-0.1, -0.05) is 48.9 Å². The quantitative estimate of drug-likeness (QED) is 0.447. The largest absolute Gasteiger partial charge is 0.480 e. The summed E-state index contributed by atoms with van der Waals surface area (Å²) in [6, 6.07) is 10.3. The Hall–Kier alpha value is -3.27. The SMILES string of the molecule is COCCOc1ncc(C(N)=O)c(-c2c(Cl)c(F)cc3c2C(C)C(CN)(c2ccccc2)O3)c1F. The molecule has 10 heteroatoms. The summed E-state index contributed by atoms with van der Waals surface area (Å²) in [7, 11) is 1.46. The van der Waals surface area contributed by atoms with Gasteiger partial charge in [0.05, 0.1) is 17.2 Å². The Morgan fingerprint density at radius 3 is 2.57 bits per heavy atom. The minimum Gasteiger partial charge on any atom is -0.480 e. The van der Waals surface area contributed by atoms with Crippen molar-refractivity contribution in [3.8, 4) is 22.8 Å². The van der Waals surface area contributed by atoms with Gasteiger partial charge in [-0.3, -0.25) is 4.79 Å². The maximum absolute atomic E-state index is 15.8. The summed E-state index contributed by atoms with van der Waals surface area (Å²) < 4.78 is 47.5. The van der Waals surface area contributed by atoms with Crippen LogP contribution in [0.15, 0.2) is 42.6 Å². The summed E-state index contributed by atoms with van der Waals surface area (Å²) in [5.41, 5.74) is 11.1. The minimum atomic E-state index is -1.08. The number of amides is 1. The van der Waals surface area contributed by atoms with Crippen LogP contribution >= 0.6 is 11.6 Å². The van der Waals surface area contributed by atoms with Gasteiger partial charge in [0.25, 0.3) is 11.8 Å². The molecule has 0 spiro atoms. The van der Waals surface area contributed by atoms with E-state index in [-0.39, 0.29) is 42.2 Å². The van der Waals surface area contributed by atoms with Gasteiger partial charge in [0.2, 0.25) is 0 Å². The van der Waals surface area contributed by atoms with Gasteiger partial charge in [0, 0.05) is 48.5 Å². The van der Waals surface area contributed by atoms with E-state index in [0.29, 0.717) is 5.56 Å². The predicted molar refractivity (Wildman–Crippen MR) is 127 cm³/mol. The average Bonchev–Trinajstić information content (AvgIpc) is 3.13. The lowest BCUT2D eigenvalue weighted by atomic mass is 9.77. The number of nitrogens with two attached hydrogens (primary N) is 2. The van der Waals surface area contributed by atoms with Crippen LogP contribution < -0.4 is 20.9 Å². The first-order chi connectivity index (χ1) is 16.8. The molecule has 4 N–H and O–H groups in total. The summed E-state index contributed by atoms with van der Waals surface area (Å²) in [5, 5.41) is -0.393. The zero-order chi connectivity index (χ0) is 25.3. The van der Waals surface area contributed by atoms with E-state index in [0.717, 1.165) is 17.8 Å². The zero-order valence-electron chi connectivity index (χ0n) is 19.1. The Morgan fingerprint density at radius 2 is 1.94 bits per heavy atom. The van der Waals surface area contributed by atoms with E-state index >= 15 is 8.78 Å². The summed E-state index contributed by atoms with van der Waals surface area (Å²) in [6.45, 7) is 2.03. The normalized spacial score (nSPS) is 18.7. The van der Waals surface area contributed by atoms with Crippen molar-refractivity contribution in [1.82, 2.24) is 4.98 Å². The molecule has 2 unspecified atom stereocenters. The third kappa shape index (κ3) is 4.09. The molecular formula is C25H24ClF2N3O4. The van der Waals surface area contributed by atoms with Crippen molar-refractivity contribution in [3.63, 3.8) is 0 Å². The Balaban J connectivity index is 1.99. The molecule has 0 saturated carbocycles. The topological polar surface area (TPSA) is 110 Å². The Morgan fingerprint density at radius 1 is 1.23 bits per heavy atom. The molecule has 0 fully saturated rings. The van der Waals surface area contributed by atoms with Crippen LogP contribution in [-0.4, -0.2) is 37.8 Å². The van der Waals surface area contributed by atoms with Crippen molar-refractivity contribution in [1.29, 1.82) is 0 Å². The lowest BCUT2D eigenvalue weighted by Gasteiger charge is -2.32. The van der Waals surface area contributed by atoms with Gasteiger partial charge < -0.3 is 25.7 Å². The number of carbonyl (C=O) groups is 1. The molecule has 1 aliphatic heterocycles. The van der Waals surface area contributed by atoms with Gasteiger partial charge in [-0.25, -0.2) is 13.8 Å². The van der Waals surface area contributed by atoms with E-state index in [4.69, 9.17) is 37.3 Å². The van der Waals surface area contributed by atoms with E-state index < -0.39 is 40.0 Å². The number of carbonyl (C=O) groups excluding carboxylic acids is 1. The van der Waals surface area contributed by atoms with Gasteiger partial charge in [-0.15, -0.1) is 0 Å². The van der Waals surface area contributed by atoms with Crippen LogP contribution in [0.3, 0.4) is 0 Å². The number of fused-ring (bicyclic) bond motifs is 1. The molecule has 2 heterocycles. The van der Waals surface area contributed by atoms with Crippen LogP contribution in [0.5, 0.6) is 11.6 Å².